The molecule has 2 heterocycles. The maximum atomic E-state index is 5.51. The molecule has 2 N–H and O–H groups in total. The van der Waals surface area contributed by atoms with E-state index in [-0.39, 0.29) is 41.9 Å². The number of aromatic nitrogens is 2. The monoisotopic (exact) mass is 348 g/mol. The molecule has 0 amide bonds. The number of rotatable bonds is 2. The third-order valence-corrected chi connectivity index (χ3v) is 2.14. The van der Waals surface area contributed by atoms with E-state index in [1.807, 2.05) is 30.3 Å². The van der Waals surface area contributed by atoms with Crippen molar-refractivity contribution in [2.24, 2.45) is 5.73 Å². The van der Waals surface area contributed by atoms with Gasteiger partial charge in [0.15, 0.2) is 0 Å². The van der Waals surface area contributed by atoms with Crippen molar-refractivity contribution >= 4 is 17.2 Å². The fourth-order valence-electron chi connectivity index (χ4n) is 1.23. The zero-order valence-electron chi connectivity index (χ0n) is 8.98. The molecule has 0 bridgehead atoms. The standard InChI is InChI=1S/C11H9N3S.2ClH.Cu/c12-11(15)10-6-3-5-9(14-10)8-4-1-2-7-13-8;;;/h1-7H,(H2,12,15);2*1H;/q;;;+2/p-2. The first kappa shape index (κ1) is 19.6. The van der Waals surface area contributed by atoms with Gasteiger partial charge in [0, 0.05) is 6.20 Å². The first-order valence-electron chi connectivity index (χ1n) is 4.45. The predicted molar refractivity (Wildman–Crippen MR) is 63.4 cm³/mol. The van der Waals surface area contributed by atoms with Crippen LogP contribution in [0.3, 0.4) is 0 Å². The average molecular weight is 350 g/mol. The molecule has 99 valence electrons. The number of nitrogens with zero attached hydrogens (tertiary/aromatic N) is 2. The van der Waals surface area contributed by atoms with Crippen molar-refractivity contribution < 1.29 is 41.9 Å². The smallest absolute Gasteiger partial charge is 1.00 e. The first-order valence-corrected chi connectivity index (χ1v) is 4.86. The number of hydrogen-bond acceptors (Lipinski definition) is 3. The van der Waals surface area contributed by atoms with Crippen LogP contribution in [0.2, 0.25) is 0 Å². The first-order chi connectivity index (χ1) is 7.27. The maximum absolute atomic E-state index is 5.51. The van der Waals surface area contributed by atoms with Crippen LogP contribution < -0.4 is 30.5 Å². The Morgan fingerprint density at radius 3 is 2.22 bits per heavy atom. The summed E-state index contributed by atoms with van der Waals surface area (Å²) in [7, 11) is 0. The van der Waals surface area contributed by atoms with Crippen LogP contribution in [0.5, 0.6) is 0 Å². The summed E-state index contributed by atoms with van der Waals surface area (Å²) < 4.78 is 0. The number of halogens is 2. The van der Waals surface area contributed by atoms with Gasteiger partial charge in [0.05, 0.1) is 17.1 Å². The summed E-state index contributed by atoms with van der Waals surface area (Å²) in [6.07, 6.45) is 1.73. The molecule has 18 heavy (non-hydrogen) atoms. The van der Waals surface area contributed by atoms with Gasteiger partial charge >= 0.3 is 17.1 Å². The summed E-state index contributed by atoms with van der Waals surface area (Å²) in [5.41, 5.74) is 7.72. The summed E-state index contributed by atoms with van der Waals surface area (Å²) in [5, 5.41) is 0. The predicted octanol–water partition coefficient (Wildman–Crippen LogP) is -4.22. The maximum Gasteiger partial charge on any atom is 2.00 e. The van der Waals surface area contributed by atoms with Gasteiger partial charge in [0.1, 0.15) is 4.99 Å². The molecule has 2 rings (SSSR count). The molecule has 0 saturated heterocycles. The van der Waals surface area contributed by atoms with Gasteiger partial charge in [-0.2, -0.15) is 0 Å². The van der Waals surface area contributed by atoms with E-state index in [4.69, 9.17) is 18.0 Å². The van der Waals surface area contributed by atoms with Crippen molar-refractivity contribution in [2.75, 3.05) is 0 Å². The normalized spacial score (nSPS) is 8.22. The SMILES string of the molecule is NC(=S)c1cccc(-c2ccccn2)n1.[Cl-].[Cl-].[Cu+2]. The molecule has 0 saturated carbocycles. The summed E-state index contributed by atoms with van der Waals surface area (Å²) in [6, 6.07) is 11.2. The Bertz CT molecular complexity index is 497. The van der Waals surface area contributed by atoms with E-state index in [1.54, 1.807) is 12.3 Å². The molecular formula is C11H9Cl2CuN3S. The van der Waals surface area contributed by atoms with Crippen LogP contribution in [0, 0.1) is 0 Å². The fraction of sp³-hybridized carbons (Fsp3) is 0. The molecule has 2 aromatic heterocycles. The van der Waals surface area contributed by atoms with E-state index < -0.39 is 0 Å². The molecule has 0 aliphatic heterocycles. The third kappa shape index (κ3) is 4.88. The topological polar surface area (TPSA) is 51.8 Å². The number of thiocarbonyl (C=S) groups is 1. The van der Waals surface area contributed by atoms with E-state index in [1.165, 1.54) is 0 Å². The zero-order valence-corrected chi connectivity index (χ0v) is 12.2. The minimum atomic E-state index is 0. The van der Waals surface area contributed by atoms with E-state index >= 15 is 0 Å². The minimum Gasteiger partial charge on any atom is -1.00 e. The van der Waals surface area contributed by atoms with E-state index in [9.17, 15) is 0 Å². The Labute approximate surface area is 134 Å². The van der Waals surface area contributed by atoms with Gasteiger partial charge < -0.3 is 30.5 Å². The second-order valence-corrected chi connectivity index (χ2v) is 3.43. The second-order valence-electron chi connectivity index (χ2n) is 2.99. The van der Waals surface area contributed by atoms with Crippen molar-refractivity contribution in [3.8, 4) is 11.4 Å². The molecule has 0 spiro atoms. The average Bonchev–Trinajstić information content (AvgIpc) is 2.30. The van der Waals surface area contributed by atoms with Crippen molar-refractivity contribution in [3.63, 3.8) is 0 Å². The largest absolute Gasteiger partial charge is 2.00 e. The van der Waals surface area contributed by atoms with Crippen LogP contribution in [0.25, 0.3) is 11.4 Å². The van der Waals surface area contributed by atoms with Crippen LogP contribution in [0.15, 0.2) is 42.6 Å². The van der Waals surface area contributed by atoms with Gasteiger partial charge in [-0.3, -0.25) is 4.98 Å². The summed E-state index contributed by atoms with van der Waals surface area (Å²) in [6.45, 7) is 0. The Kier molecular flexibility index (Phi) is 10.1. The molecule has 0 aromatic carbocycles. The van der Waals surface area contributed by atoms with Crippen molar-refractivity contribution in [3.05, 3.63) is 48.3 Å². The zero-order chi connectivity index (χ0) is 10.7. The molecule has 7 heteroatoms. The van der Waals surface area contributed by atoms with Crippen molar-refractivity contribution in [1.82, 2.24) is 9.97 Å². The van der Waals surface area contributed by atoms with Gasteiger partial charge in [-0.1, -0.05) is 24.4 Å². The van der Waals surface area contributed by atoms with E-state index in [2.05, 4.69) is 9.97 Å². The van der Waals surface area contributed by atoms with Crippen LogP contribution in [0.4, 0.5) is 0 Å². The number of pyridine rings is 2. The molecule has 3 nitrogen and oxygen atoms in total. The van der Waals surface area contributed by atoms with Gasteiger partial charge in [0.2, 0.25) is 0 Å². The molecular weight excluding hydrogens is 341 g/mol. The van der Waals surface area contributed by atoms with Crippen LogP contribution >= 0.6 is 12.2 Å². The van der Waals surface area contributed by atoms with E-state index in [0.717, 1.165) is 11.4 Å². The second kappa shape index (κ2) is 9.25. The Hall–Kier alpha value is -0.711. The van der Waals surface area contributed by atoms with Crippen molar-refractivity contribution in [2.45, 2.75) is 0 Å². The van der Waals surface area contributed by atoms with E-state index in [0.29, 0.717) is 10.7 Å². The molecule has 0 fully saturated rings. The Balaban J connectivity index is 0. The van der Waals surface area contributed by atoms with Gasteiger partial charge in [-0.05, 0) is 24.3 Å². The van der Waals surface area contributed by atoms with Gasteiger partial charge in [-0.25, -0.2) is 4.98 Å². The molecule has 0 aliphatic rings. The Morgan fingerprint density at radius 2 is 1.67 bits per heavy atom. The molecule has 0 aliphatic carbocycles. The summed E-state index contributed by atoms with van der Waals surface area (Å²) >= 11 is 4.87. The van der Waals surface area contributed by atoms with Crippen LogP contribution in [-0.2, 0) is 17.1 Å². The molecule has 0 unspecified atom stereocenters. The van der Waals surface area contributed by atoms with Crippen molar-refractivity contribution in [1.29, 1.82) is 0 Å². The quantitative estimate of drug-likeness (QED) is 0.441. The van der Waals surface area contributed by atoms with Crippen LogP contribution in [0.1, 0.15) is 5.69 Å². The van der Waals surface area contributed by atoms with Crippen LogP contribution in [-0.4, -0.2) is 15.0 Å². The Morgan fingerprint density at radius 1 is 1.00 bits per heavy atom. The molecule has 0 atom stereocenters. The minimum absolute atomic E-state index is 0. The van der Waals surface area contributed by atoms with Gasteiger partial charge in [0.25, 0.3) is 0 Å². The summed E-state index contributed by atoms with van der Waals surface area (Å²) in [5.74, 6) is 0. The molecule has 1 radical (unpaired) electrons. The third-order valence-electron chi connectivity index (χ3n) is 1.93. The number of hydrogen-bond donors (Lipinski definition) is 1. The number of nitrogens with two attached hydrogens (primary N) is 1. The van der Waals surface area contributed by atoms with Gasteiger partial charge in [-0.15, -0.1) is 0 Å². The summed E-state index contributed by atoms with van der Waals surface area (Å²) in [4.78, 5) is 8.82. The fourth-order valence-corrected chi connectivity index (χ4v) is 1.34. The molecule has 2 aromatic rings.